The number of fused-ring (bicyclic) bond motifs is 3. The van der Waals surface area contributed by atoms with Crippen molar-refractivity contribution in [1.29, 1.82) is 0 Å². The molecule has 3 N–H and O–H groups in total. The standard InChI is InChI=1S/C18H19ClN2O3S/c1-2-24-12-8-9(7-11(19)15(12)22)16-20-17(23)14-10-5-3-4-6-13(10)25-18(14)21-16/h7-8,16,21-22H,2-6H2,1H3,(H,20,23). The van der Waals surface area contributed by atoms with Crippen LogP contribution in [0.1, 0.15) is 52.3 Å². The molecule has 0 saturated carbocycles. The lowest BCUT2D eigenvalue weighted by Gasteiger charge is -2.27. The van der Waals surface area contributed by atoms with Gasteiger partial charge in [-0.2, -0.15) is 0 Å². The van der Waals surface area contributed by atoms with Crippen molar-refractivity contribution in [1.82, 2.24) is 5.32 Å². The Morgan fingerprint density at radius 2 is 2.12 bits per heavy atom. The summed E-state index contributed by atoms with van der Waals surface area (Å²) in [6.07, 6.45) is 3.94. The number of anilines is 1. The summed E-state index contributed by atoms with van der Waals surface area (Å²) in [5.74, 6) is 0.180. The molecule has 4 rings (SSSR count). The SMILES string of the molecule is CCOc1cc(C2NC(=O)c3c(sc4c3CCCC4)N2)cc(Cl)c1O. The number of hydrogen-bond acceptors (Lipinski definition) is 5. The van der Waals surface area contributed by atoms with Crippen LogP contribution in [0.4, 0.5) is 5.00 Å². The summed E-state index contributed by atoms with van der Waals surface area (Å²) in [7, 11) is 0. The van der Waals surface area contributed by atoms with Crippen LogP contribution in [0, 0.1) is 0 Å². The molecule has 2 aromatic rings. The van der Waals surface area contributed by atoms with Crippen LogP contribution < -0.4 is 15.4 Å². The van der Waals surface area contributed by atoms with Gasteiger partial charge in [0.2, 0.25) is 0 Å². The Balaban J connectivity index is 1.70. The number of hydrogen-bond donors (Lipinski definition) is 3. The molecule has 1 aromatic heterocycles. The lowest BCUT2D eigenvalue weighted by Crippen LogP contribution is -2.38. The van der Waals surface area contributed by atoms with Gasteiger partial charge in [0.15, 0.2) is 11.5 Å². The number of phenols is 1. The maximum atomic E-state index is 12.7. The van der Waals surface area contributed by atoms with Gasteiger partial charge in [-0.1, -0.05) is 11.6 Å². The maximum absolute atomic E-state index is 12.7. The van der Waals surface area contributed by atoms with E-state index in [-0.39, 0.29) is 16.7 Å². The number of thiophene rings is 1. The van der Waals surface area contributed by atoms with Gasteiger partial charge in [0.1, 0.15) is 11.2 Å². The van der Waals surface area contributed by atoms with Crippen molar-refractivity contribution in [2.75, 3.05) is 11.9 Å². The zero-order valence-corrected chi connectivity index (χ0v) is 15.4. The fourth-order valence-electron chi connectivity index (χ4n) is 3.47. The topological polar surface area (TPSA) is 70.6 Å². The molecule has 25 heavy (non-hydrogen) atoms. The summed E-state index contributed by atoms with van der Waals surface area (Å²) in [4.78, 5) is 14.0. The Hall–Kier alpha value is -1.92. The third-order valence-electron chi connectivity index (χ3n) is 4.63. The second kappa shape index (κ2) is 6.42. The Kier molecular flexibility index (Phi) is 4.25. The van der Waals surface area contributed by atoms with E-state index in [0.717, 1.165) is 35.4 Å². The van der Waals surface area contributed by atoms with E-state index in [0.29, 0.717) is 12.4 Å². The second-order valence-corrected chi connectivity index (χ2v) is 7.76. The van der Waals surface area contributed by atoms with E-state index in [9.17, 15) is 9.90 Å². The Labute approximate surface area is 155 Å². The molecule has 0 spiro atoms. The number of carbonyl (C=O) groups is 1. The molecule has 0 radical (unpaired) electrons. The van der Waals surface area contributed by atoms with Crippen molar-refractivity contribution in [3.8, 4) is 11.5 Å². The number of phenolic OH excluding ortho intramolecular Hbond substituents is 1. The highest BCUT2D eigenvalue weighted by molar-refractivity contribution is 7.16. The molecule has 7 heteroatoms. The van der Waals surface area contributed by atoms with Gasteiger partial charge in [0.25, 0.3) is 5.91 Å². The van der Waals surface area contributed by atoms with Crippen LogP contribution in [0.2, 0.25) is 5.02 Å². The van der Waals surface area contributed by atoms with E-state index in [2.05, 4.69) is 10.6 Å². The predicted octanol–water partition coefficient (Wildman–Crippen LogP) is 4.24. The summed E-state index contributed by atoms with van der Waals surface area (Å²) >= 11 is 7.80. The summed E-state index contributed by atoms with van der Waals surface area (Å²) in [5, 5.41) is 17.5. The summed E-state index contributed by atoms with van der Waals surface area (Å²) in [6.45, 7) is 2.25. The third-order valence-corrected chi connectivity index (χ3v) is 6.14. The molecule has 1 amide bonds. The molecule has 0 saturated heterocycles. The number of aromatic hydroxyl groups is 1. The van der Waals surface area contributed by atoms with Crippen LogP contribution in [0.25, 0.3) is 0 Å². The molecule has 0 fully saturated rings. The van der Waals surface area contributed by atoms with Gasteiger partial charge in [-0.3, -0.25) is 4.79 Å². The summed E-state index contributed by atoms with van der Waals surface area (Å²) in [5.41, 5.74) is 2.75. The van der Waals surface area contributed by atoms with E-state index >= 15 is 0 Å². The van der Waals surface area contributed by atoms with Crippen molar-refractivity contribution < 1.29 is 14.6 Å². The van der Waals surface area contributed by atoms with Crippen molar-refractivity contribution in [2.45, 2.75) is 38.8 Å². The number of benzene rings is 1. The average Bonchev–Trinajstić information content (AvgIpc) is 2.97. The van der Waals surface area contributed by atoms with Crippen LogP contribution in [-0.2, 0) is 12.8 Å². The highest BCUT2D eigenvalue weighted by Gasteiger charge is 2.32. The van der Waals surface area contributed by atoms with Crippen molar-refractivity contribution in [3.05, 3.63) is 38.7 Å². The molecular formula is C18H19ClN2O3S. The van der Waals surface area contributed by atoms with Gasteiger partial charge in [-0.05, 0) is 55.9 Å². The normalized spacial score (nSPS) is 18.8. The van der Waals surface area contributed by atoms with E-state index in [1.165, 1.54) is 16.9 Å². The first kappa shape index (κ1) is 16.5. The molecule has 2 aliphatic rings. The molecule has 1 aliphatic carbocycles. The highest BCUT2D eigenvalue weighted by Crippen LogP contribution is 2.43. The summed E-state index contributed by atoms with van der Waals surface area (Å²) < 4.78 is 5.44. The number of amides is 1. The molecule has 1 unspecified atom stereocenters. The fraction of sp³-hybridized carbons (Fsp3) is 0.389. The van der Waals surface area contributed by atoms with Gasteiger partial charge in [0, 0.05) is 4.88 Å². The molecule has 1 aromatic carbocycles. The highest BCUT2D eigenvalue weighted by atomic mass is 35.5. The van der Waals surface area contributed by atoms with Crippen molar-refractivity contribution in [3.63, 3.8) is 0 Å². The minimum atomic E-state index is -0.405. The molecule has 1 atom stereocenters. The second-order valence-electron chi connectivity index (χ2n) is 6.25. The number of halogens is 1. The minimum absolute atomic E-state index is 0.0553. The Bertz CT molecular complexity index is 849. The molecule has 132 valence electrons. The summed E-state index contributed by atoms with van der Waals surface area (Å²) in [6, 6.07) is 3.36. The first-order valence-electron chi connectivity index (χ1n) is 8.45. The smallest absolute Gasteiger partial charge is 0.256 e. The average molecular weight is 379 g/mol. The number of nitrogens with one attached hydrogen (secondary N) is 2. The fourth-order valence-corrected chi connectivity index (χ4v) is 5.00. The van der Waals surface area contributed by atoms with Crippen molar-refractivity contribution in [2.24, 2.45) is 0 Å². The third kappa shape index (κ3) is 2.83. The number of rotatable bonds is 3. The first-order valence-corrected chi connectivity index (χ1v) is 9.65. The predicted molar refractivity (Wildman–Crippen MR) is 99.1 cm³/mol. The van der Waals surface area contributed by atoms with Gasteiger partial charge in [-0.25, -0.2) is 0 Å². The Morgan fingerprint density at radius 3 is 2.92 bits per heavy atom. The van der Waals surface area contributed by atoms with Crippen LogP contribution in [-0.4, -0.2) is 17.6 Å². The lowest BCUT2D eigenvalue weighted by atomic mass is 9.94. The Morgan fingerprint density at radius 1 is 1.32 bits per heavy atom. The van der Waals surface area contributed by atoms with Crippen LogP contribution >= 0.6 is 22.9 Å². The first-order chi connectivity index (χ1) is 12.1. The molecule has 1 aliphatic heterocycles. The zero-order chi connectivity index (χ0) is 17.6. The number of ether oxygens (including phenoxy) is 1. The molecular weight excluding hydrogens is 360 g/mol. The minimum Gasteiger partial charge on any atom is -0.503 e. The zero-order valence-electron chi connectivity index (χ0n) is 13.8. The van der Waals surface area contributed by atoms with Crippen LogP contribution in [0.15, 0.2) is 12.1 Å². The molecule has 0 bridgehead atoms. The largest absolute Gasteiger partial charge is 0.503 e. The monoisotopic (exact) mass is 378 g/mol. The van der Waals surface area contributed by atoms with E-state index < -0.39 is 6.17 Å². The van der Waals surface area contributed by atoms with Gasteiger partial charge in [0.05, 0.1) is 17.2 Å². The van der Waals surface area contributed by atoms with Gasteiger partial charge in [-0.15, -0.1) is 11.3 Å². The van der Waals surface area contributed by atoms with Gasteiger partial charge >= 0.3 is 0 Å². The number of carbonyl (C=O) groups excluding carboxylic acids is 1. The quantitative estimate of drug-likeness (QED) is 0.747. The van der Waals surface area contributed by atoms with Gasteiger partial charge < -0.3 is 20.5 Å². The molecule has 5 nitrogen and oxygen atoms in total. The van der Waals surface area contributed by atoms with E-state index in [1.54, 1.807) is 23.5 Å². The molecule has 2 heterocycles. The van der Waals surface area contributed by atoms with Crippen LogP contribution in [0.3, 0.4) is 0 Å². The number of aryl methyl sites for hydroxylation is 1. The maximum Gasteiger partial charge on any atom is 0.256 e. The lowest BCUT2D eigenvalue weighted by molar-refractivity contribution is 0.0935. The van der Waals surface area contributed by atoms with E-state index in [4.69, 9.17) is 16.3 Å². The van der Waals surface area contributed by atoms with Crippen molar-refractivity contribution >= 4 is 33.8 Å². The van der Waals surface area contributed by atoms with E-state index in [1.807, 2.05) is 6.92 Å². The van der Waals surface area contributed by atoms with Crippen LogP contribution in [0.5, 0.6) is 11.5 Å².